The van der Waals surface area contributed by atoms with E-state index in [0.717, 1.165) is 44.3 Å². The van der Waals surface area contributed by atoms with Gasteiger partial charge < -0.3 is 15.4 Å². The number of methoxy groups -OCH3 is 1. The molecule has 1 aliphatic heterocycles. The van der Waals surface area contributed by atoms with Gasteiger partial charge in [0, 0.05) is 43.2 Å². The van der Waals surface area contributed by atoms with Crippen LogP contribution in [0.1, 0.15) is 41.3 Å². The number of aliphatic imine (C=N–C) groups is 1. The van der Waals surface area contributed by atoms with Crippen molar-refractivity contribution in [1.29, 1.82) is 0 Å². The minimum absolute atomic E-state index is 0. The summed E-state index contributed by atoms with van der Waals surface area (Å²) in [6, 6.07) is 8.89. The number of hydrogen-bond acceptors (Lipinski definition) is 5. The molecule has 1 saturated heterocycles. The highest BCUT2D eigenvalue weighted by Gasteiger charge is 2.30. The van der Waals surface area contributed by atoms with Crippen LogP contribution >= 0.6 is 35.3 Å². The molecule has 0 spiro atoms. The molecule has 0 amide bonds. The Labute approximate surface area is 207 Å². The lowest BCUT2D eigenvalue weighted by atomic mass is 9.85. The number of nitrogens with zero attached hydrogens (tertiary/aromatic N) is 3. The zero-order chi connectivity index (χ0) is 21.3. The molecule has 0 saturated carbocycles. The van der Waals surface area contributed by atoms with E-state index in [1.54, 1.807) is 18.4 Å². The summed E-state index contributed by atoms with van der Waals surface area (Å²) in [6.45, 7) is 7.84. The number of aryl methyl sites for hydroxylation is 1. The first kappa shape index (κ1) is 25.9. The van der Waals surface area contributed by atoms with Gasteiger partial charge in [-0.2, -0.15) is 0 Å². The molecular weight excluding hydrogens is 521 g/mol. The van der Waals surface area contributed by atoms with Crippen molar-refractivity contribution in [2.75, 3.05) is 40.3 Å². The van der Waals surface area contributed by atoms with Gasteiger partial charge in [0.2, 0.25) is 0 Å². The molecule has 1 fully saturated rings. The van der Waals surface area contributed by atoms with Crippen molar-refractivity contribution in [3.8, 4) is 5.75 Å². The third kappa shape index (κ3) is 7.61. The monoisotopic (exact) mass is 557 g/mol. The molecule has 1 aliphatic rings. The first-order chi connectivity index (χ1) is 14.6. The van der Waals surface area contributed by atoms with Crippen LogP contribution in [0.3, 0.4) is 0 Å². The van der Waals surface area contributed by atoms with E-state index in [2.05, 4.69) is 65.7 Å². The summed E-state index contributed by atoms with van der Waals surface area (Å²) < 4.78 is 5.33. The summed E-state index contributed by atoms with van der Waals surface area (Å²) in [5.74, 6) is 2.29. The van der Waals surface area contributed by atoms with Gasteiger partial charge >= 0.3 is 0 Å². The van der Waals surface area contributed by atoms with Gasteiger partial charge in [-0.25, -0.2) is 4.98 Å². The van der Waals surface area contributed by atoms with Crippen molar-refractivity contribution in [3.63, 3.8) is 0 Å². The molecule has 2 aromatic rings. The maximum atomic E-state index is 5.33. The van der Waals surface area contributed by atoms with Gasteiger partial charge in [0.1, 0.15) is 5.75 Å². The van der Waals surface area contributed by atoms with E-state index in [1.807, 2.05) is 6.20 Å². The number of guanidine groups is 1. The number of piperidine rings is 1. The second-order valence-corrected chi connectivity index (χ2v) is 9.18. The molecule has 8 heteroatoms. The van der Waals surface area contributed by atoms with Crippen LogP contribution in [0.25, 0.3) is 0 Å². The van der Waals surface area contributed by atoms with Gasteiger partial charge in [-0.15, -0.1) is 35.3 Å². The van der Waals surface area contributed by atoms with E-state index in [4.69, 9.17) is 9.73 Å². The summed E-state index contributed by atoms with van der Waals surface area (Å²) in [5, 5.41) is 8.03. The van der Waals surface area contributed by atoms with Crippen LogP contribution in [-0.4, -0.2) is 56.2 Å². The van der Waals surface area contributed by atoms with Gasteiger partial charge in [-0.3, -0.25) is 9.89 Å². The quantitative estimate of drug-likeness (QED) is 0.289. The van der Waals surface area contributed by atoms with Crippen LogP contribution in [0.15, 0.2) is 35.5 Å². The summed E-state index contributed by atoms with van der Waals surface area (Å²) in [5.41, 5.74) is 1.34. The summed E-state index contributed by atoms with van der Waals surface area (Å²) in [6.07, 6.45) is 5.28. The largest absolute Gasteiger partial charge is 0.497 e. The molecule has 0 bridgehead atoms. The Kier molecular flexibility index (Phi) is 11.0. The van der Waals surface area contributed by atoms with Crippen LogP contribution in [0.2, 0.25) is 0 Å². The average molecular weight is 558 g/mol. The number of halogens is 1. The van der Waals surface area contributed by atoms with Crippen molar-refractivity contribution >= 4 is 41.3 Å². The predicted octanol–water partition coefficient (Wildman–Crippen LogP) is 4.26. The fourth-order valence-corrected chi connectivity index (χ4v) is 4.92. The Morgan fingerprint density at radius 3 is 2.71 bits per heavy atom. The highest BCUT2D eigenvalue weighted by Crippen LogP contribution is 2.35. The van der Waals surface area contributed by atoms with E-state index in [0.29, 0.717) is 12.0 Å². The molecule has 2 atom stereocenters. The molecular formula is C23H36IN5OS. The van der Waals surface area contributed by atoms with E-state index >= 15 is 0 Å². The first-order valence-electron chi connectivity index (χ1n) is 10.9. The molecule has 3 rings (SSSR count). The van der Waals surface area contributed by atoms with Gasteiger partial charge in [0.25, 0.3) is 0 Å². The Morgan fingerprint density at radius 2 is 2.06 bits per heavy atom. The number of likely N-dealkylation sites (tertiary alicyclic amines) is 1. The zero-order valence-electron chi connectivity index (χ0n) is 19.1. The summed E-state index contributed by atoms with van der Waals surface area (Å²) in [4.78, 5) is 13.1. The van der Waals surface area contributed by atoms with Crippen LogP contribution in [0.4, 0.5) is 0 Å². The average Bonchev–Trinajstić information content (AvgIpc) is 3.17. The minimum Gasteiger partial charge on any atom is -0.497 e. The maximum absolute atomic E-state index is 5.33. The Morgan fingerprint density at radius 1 is 1.29 bits per heavy atom. The van der Waals surface area contributed by atoms with Crippen molar-refractivity contribution < 1.29 is 4.74 Å². The molecule has 1 aromatic heterocycles. The molecule has 6 nitrogen and oxygen atoms in total. The number of aromatic nitrogens is 1. The van der Waals surface area contributed by atoms with Crippen LogP contribution in [-0.2, 0) is 6.42 Å². The second kappa shape index (κ2) is 13.2. The topological polar surface area (TPSA) is 61.8 Å². The molecule has 1 aromatic carbocycles. The molecule has 2 heterocycles. The number of benzene rings is 1. The van der Waals surface area contributed by atoms with Gasteiger partial charge in [-0.05, 0) is 63.9 Å². The highest BCUT2D eigenvalue weighted by atomic mass is 127. The first-order valence-corrected chi connectivity index (χ1v) is 11.7. The fourth-order valence-electron chi connectivity index (χ4n) is 4.13. The van der Waals surface area contributed by atoms with E-state index in [-0.39, 0.29) is 24.0 Å². The third-order valence-corrected chi connectivity index (χ3v) is 6.57. The van der Waals surface area contributed by atoms with E-state index in [9.17, 15) is 0 Å². The van der Waals surface area contributed by atoms with Crippen molar-refractivity contribution in [3.05, 3.63) is 45.9 Å². The van der Waals surface area contributed by atoms with Gasteiger partial charge in [-0.1, -0.05) is 12.1 Å². The predicted molar refractivity (Wildman–Crippen MR) is 141 cm³/mol. The second-order valence-electron chi connectivity index (χ2n) is 7.86. The Hall–Kier alpha value is -1.39. The maximum Gasteiger partial charge on any atom is 0.191 e. The van der Waals surface area contributed by atoms with E-state index in [1.165, 1.54) is 28.3 Å². The van der Waals surface area contributed by atoms with Crippen LogP contribution < -0.4 is 15.4 Å². The minimum atomic E-state index is 0. The Bertz CT molecular complexity index is 811. The zero-order valence-corrected chi connectivity index (χ0v) is 22.2. The summed E-state index contributed by atoms with van der Waals surface area (Å²) in [7, 11) is 3.94. The van der Waals surface area contributed by atoms with Gasteiger partial charge in [0.05, 0.1) is 12.1 Å². The lowest BCUT2D eigenvalue weighted by Gasteiger charge is -2.39. The molecule has 172 valence electrons. The van der Waals surface area contributed by atoms with E-state index < -0.39 is 0 Å². The third-order valence-electron chi connectivity index (χ3n) is 5.59. The van der Waals surface area contributed by atoms with Crippen molar-refractivity contribution in [1.82, 2.24) is 20.5 Å². The number of ether oxygens (including phenoxy) is 1. The van der Waals surface area contributed by atoms with Crippen molar-refractivity contribution in [2.45, 2.75) is 39.2 Å². The number of hydrogen-bond donors (Lipinski definition) is 2. The SMILES string of the molecule is CCNC(=NCC1CCCN(C)C1c1ccc(OC)cc1)NCCc1ncc(C)s1.I. The number of thiazole rings is 1. The summed E-state index contributed by atoms with van der Waals surface area (Å²) >= 11 is 1.76. The molecule has 0 aliphatic carbocycles. The van der Waals surface area contributed by atoms with Crippen LogP contribution in [0, 0.1) is 12.8 Å². The molecule has 2 unspecified atom stereocenters. The van der Waals surface area contributed by atoms with Crippen LogP contribution in [0.5, 0.6) is 5.75 Å². The highest BCUT2D eigenvalue weighted by molar-refractivity contribution is 14.0. The molecule has 31 heavy (non-hydrogen) atoms. The number of rotatable bonds is 8. The smallest absolute Gasteiger partial charge is 0.191 e. The van der Waals surface area contributed by atoms with Gasteiger partial charge in [0.15, 0.2) is 5.96 Å². The lowest BCUT2D eigenvalue weighted by molar-refractivity contribution is 0.125. The fraction of sp³-hybridized carbons (Fsp3) is 0.565. The van der Waals surface area contributed by atoms with Crippen molar-refractivity contribution in [2.24, 2.45) is 10.9 Å². The lowest BCUT2D eigenvalue weighted by Crippen LogP contribution is -2.40. The molecule has 0 radical (unpaired) electrons. The molecule has 2 N–H and O–H groups in total. The normalized spacial score (nSPS) is 19.5. The number of nitrogens with one attached hydrogen (secondary N) is 2. The standard InChI is InChI=1S/C23H35N5OS.HI/c1-5-24-23(25-13-12-21-26-15-17(2)30-21)27-16-19-7-6-14-28(3)22(19)18-8-10-20(29-4)11-9-18;/h8-11,15,19,22H,5-7,12-14,16H2,1-4H3,(H2,24,25,27);1H. The Balaban J connectivity index is 0.00000341.